The molecule has 2 aromatic heterocycles. The highest BCUT2D eigenvalue weighted by Gasteiger charge is 2.09. The number of rotatable bonds is 3. The molecule has 0 radical (unpaired) electrons. The zero-order chi connectivity index (χ0) is 14.1. The molecule has 0 atom stereocenters. The number of nitrogens with two attached hydrogens (primary N) is 1. The van der Waals surface area contributed by atoms with Crippen LogP contribution in [0.3, 0.4) is 0 Å². The van der Waals surface area contributed by atoms with Gasteiger partial charge in [0.1, 0.15) is 5.82 Å². The van der Waals surface area contributed by atoms with Gasteiger partial charge in [0.2, 0.25) is 0 Å². The first kappa shape index (κ1) is 12.7. The lowest BCUT2D eigenvalue weighted by atomic mass is 10.1. The third-order valence-electron chi connectivity index (χ3n) is 3.68. The van der Waals surface area contributed by atoms with Crippen molar-refractivity contribution in [2.45, 2.75) is 26.7 Å². The van der Waals surface area contributed by atoms with Crippen LogP contribution >= 0.6 is 0 Å². The van der Waals surface area contributed by atoms with Crippen LogP contribution in [0.2, 0.25) is 0 Å². The third-order valence-corrected chi connectivity index (χ3v) is 3.68. The zero-order valence-electron chi connectivity index (χ0n) is 11.8. The van der Waals surface area contributed by atoms with E-state index >= 15 is 0 Å². The quantitative estimate of drug-likeness (QED) is 0.793. The van der Waals surface area contributed by atoms with E-state index in [1.54, 1.807) is 0 Å². The highest BCUT2D eigenvalue weighted by molar-refractivity contribution is 5.52. The van der Waals surface area contributed by atoms with E-state index in [1.807, 2.05) is 23.5 Å². The van der Waals surface area contributed by atoms with Crippen molar-refractivity contribution in [3.8, 4) is 0 Å². The van der Waals surface area contributed by atoms with Gasteiger partial charge in [0.25, 0.3) is 0 Å². The summed E-state index contributed by atoms with van der Waals surface area (Å²) in [5.74, 6) is 0.963. The number of aromatic nitrogens is 3. The maximum absolute atomic E-state index is 5.96. The largest absolute Gasteiger partial charge is 0.397 e. The van der Waals surface area contributed by atoms with Crippen molar-refractivity contribution in [2.75, 3.05) is 5.73 Å². The molecule has 4 nitrogen and oxygen atoms in total. The fourth-order valence-corrected chi connectivity index (χ4v) is 2.39. The molecule has 0 aliphatic heterocycles. The van der Waals surface area contributed by atoms with Gasteiger partial charge in [0, 0.05) is 12.1 Å². The Morgan fingerprint density at radius 2 is 1.70 bits per heavy atom. The summed E-state index contributed by atoms with van der Waals surface area (Å²) in [5, 5.41) is 8.49. The Labute approximate surface area is 118 Å². The third kappa shape index (κ3) is 2.25. The molecular formula is C16H18N4. The minimum Gasteiger partial charge on any atom is -0.397 e. The number of pyridine rings is 1. The van der Waals surface area contributed by atoms with Crippen molar-refractivity contribution in [2.24, 2.45) is 0 Å². The molecule has 0 bridgehead atoms. The number of hydrogen-bond donors (Lipinski definition) is 1. The molecular weight excluding hydrogens is 248 g/mol. The summed E-state index contributed by atoms with van der Waals surface area (Å²) in [7, 11) is 0. The molecule has 2 heterocycles. The molecule has 0 spiro atoms. The van der Waals surface area contributed by atoms with Gasteiger partial charge in [-0.05, 0) is 38.0 Å². The van der Waals surface area contributed by atoms with E-state index in [4.69, 9.17) is 5.73 Å². The van der Waals surface area contributed by atoms with E-state index in [9.17, 15) is 0 Å². The standard InChI is InChI=1S/C16H18N4/c1-11-3-5-13(6-4-11)7-9-15-18-19-16-10-8-14(17)12(2)20(15)16/h3-6,8,10H,7,9,17H2,1-2H3. The molecule has 3 aromatic rings. The highest BCUT2D eigenvalue weighted by Crippen LogP contribution is 2.16. The number of anilines is 1. The maximum atomic E-state index is 5.96. The van der Waals surface area contributed by atoms with E-state index in [0.29, 0.717) is 0 Å². The Balaban J connectivity index is 1.88. The summed E-state index contributed by atoms with van der Waals surface area (Å²) < 4.78 is 2.05. The van der Waals surface area contributed by atoms with Crippen molar-refractivity contribution in [1.82, 2.24) is 14.6 Å². The number of nitrogen functional groups attached to an aromatic ring is 1. The normalized spacial score (nSPS) is 11.1. The van der Waals surface area contributed by atoms with Gasteiger partial charge in [-0.3, -0.25) is 4.40 Å². The predicted octanol–water partition coefficient (Wildman–Crippen LogP) is 2.71. The predicted molar refractivity (Wildman–Crippen MR) is 80.7 cm³/mol. The summed E-state index contributed by atoms with van der Waals surface area (Å²) in [6.45, 7) is 4.10. The molecule has 0 saturated heterocycles. The van der Waals surface area contributed by atoms with Gasteiger partial charge in [0.05, 0.1) is 5.69 Å². The van der Waals surface area contributed by atoms with E-state index in [2.05, 4.69) is 41.4 Å². The van der Waals surface area contributed by atoms with Gasteiger partial charge in [-0.15, -0.1) is 10.2 Å². The molecule has 0 saturated carbocycles. The van der Waals surface area contributed by atoms with Crippen LogP contribution in [0.1, 0.15) is 22.6 Å². The molecule has 0 aliphatic rings. The van der Waals surface area contributed by atoms with Crippen molar-refractivity contribution < 1.29 is 0 Å². The van der Waals surface area contributed by atoms with Gasteiger partial charge in [-0.1, -0.05) is 29.8 Å². The number of nitrogens with zero attached hydrogens (tertiary/aromatic N) is 3. The Hall–Kier alpha value is -2.36. The van der Waals surface area contributed by atoms with Crippen LogP contribution in [0.15, 0.2) is 36.4 Å². The van der Waals surface area contributed by atoms with Crippen molar-refractivity contribution in [3.63, 3.8) is 0 Å². The van der Waals surface area contributed by atoms with Gasteiger partial charge in [-0.2, -0.15) is 0 Å². The lowest BCUT2D eigenvalue weighted by Gasteiger charge is -2.06. The second kappa shape index (κ2) is 4.96. The summed E-state index contributed by atoms with van der Waals surface area (Å²) in [6.07, 6.45) is 1.81. The number of hydrogen-bond acceptors (Lipinski definition) is 3. The molecule has 4 heteroatoms. The van der Waals surface area contributed by atoms with Gasteiger partial charge < -0.3 is 5.73 Å². The maximum Gasteiger partial charge on any atom is 0.161 e. The van der Waals surface area contributed by atoms with Crippen LogP contribution in [0.5, 0.6) is 0 Å². The van der Waals surface area contributed by atoms with E-state index < -0.39 is 0 Å². The smallest absolute Gasteiger partial charge is 0.161 e. The Morgan fingerprint density at radius 1 is 0.950 bits per heavy atom. The van der Waals surface area contributed by atoms with Crippen LogP contribution in [0.25, 0.3) is 5.65 Å². The first-order valence-electron chi connectivity index (χ1n) is 6.80. The van der Waals surface area contributed by atoms with Crippen LogP contribution in [0.4, 0.5) is 5.69 Å². The topological polar surface area (TPSA) is 56.2 Å². The molecule has 2 N–H and O–H groups in total. The Morgan fingerprint density at radius 3 is 2.45 bits per heavy atom. The van der Waals surface area contributed by atoms with Crippen LogP contribution < -0.4 is 5.73 Å². The SMILES string of the molecule is Cc1ccc(CCc2nnc3ccc(N)c(C)n23)cc1. The molecule has 20 heavy (non-hydrogen) atoms. The van der Waals surface area contributed by atoms with E-state index in [1.165, 1.54) is 11.1 Å². The van der Waals surface area contributed by atoms with E-state index in [0.717, 1.165) is 35.7 Å². The van der Waals surface area contributed by atoms with Crippen molar-refractivity contribution in [3.05, 3.63) is 59.0 Å². The molecule has 0 amide bonds. The first-order valence-corrected chi connectivity index (χ1v) is 6.80. The van der Waals surface area contributed by atoms with Crippen LogP contribution in [-0.4, -0.2) is 14.6 Å². The summed E-state index contributed by atoms with van der Waals surface area (Å²) in [4.78, 5) is 0. The Bertz CT molecular complexity index is 741. The Kier molecular flexibility index (Phi) is 3.14. The molecule has 102 valence electrons. The number of aryl methyl sites for hydroxylation is 4. The number of benzene rings is 1. The minimum atomic E-state index is 0.772. The summed E-state index contributed by atoms with van der Waals surface area (Å²) in [6, 6.07) is 12.4. The van der Waals surface area contributed by atoms with Gasteiger partial charge >= 0.3 is 0 Å². The molecule has 3 rings (SSSR count). The second-order valence-electron chi connectivity index (χ2n) is 5.17. The lowest BCUT2D eigenvalue weighted by Crippen LogP contribution is -2.03. The molecule has 0 aliphatic carbocycles. The molecule has 0 fully saturated rings. The fraction of sp³-hybridized carbons (Fsp3) is 0.250. The lowest BCUT2D eigenvalue weighted by molar-refractivity contribution is 0.829. The number of fused-ring (bicyclic) bond motifs is 1. The second-order valence-corrected chi connectivity index (χ2v) is 5.17. The van der Waals surface area contributed by atoms with Gasteiger partial charge in [0.15, 0.2) is 5.65 Å². The fourth-order valence-electron chi connectivity index (χ4n) is 2.39. The monoisotopic (exact) mass is 266 g/mol. The molecule has 1 aromatic carbocycles. The average molecular weight is 266 g/mol. The highest BCUT2D eigenvalue weighted by atomic mass is 15.2. The summed E-state index contributed by atoms with van der Waals surface area (Å²) >= 11 is 0. The molecule has 0 unspecified atom stereocenters. The zero-order valence-corrected chi connectivity index (χ0v) is 11.8. The minimum absolute atomic E-state index is 0.772. The van der Waals surface area contributed by atoms with Crippen molar-refractivity contribution >= 4 is 11.3 Å². The van der Waals surface area contributed by atoms with Gasteiger partial charge in [-0.25, -0.2) is 0 Å². The van der Waals surface area contributed by atoms with E-state index in [-0.39, 0.29) is 0 Å². The first-order chi connectivity index (χ1) is 9.65. The van der Waals surface area contributed by atoms with Crippen LogP contribution in [-0.2, 0) is 12.8 Å². The van der Waals surface area contributed by atoms with Crippen LogP contribution in [0, 0.1) is 13.8 Å². The summed E-state index contributed by atoms with van der Waals surface area (Å²) in [5.41, 5.74) is 11.2. The van der Waals surface area contributed by atoms with Crippen molar-refractivity contribution in [1.29, 1.82) is 0 Å². The average Bonchev–Trinajstić information content (AvgIpc) is 2.86.